The molecular weight excluding hydrogens is 384 g/mol. The van der Waals surface area contributed by atoms with Crippen molar-refractivity contribution in [2.75, 3.05) is 13.1 Å². The number of hydrogen-bond donors (Lipinski definition) is 0. The number of amides is 1. The van der Waals surface area contributed by atoms with Gasteiger partial charge in [-0.3, -0.25) is 14.5 Å². The first kappa shape index (κ1) is 20.2. The van der Waals surface area contributed by atoms with Crippen LogP contribution in [-0.2, 0) is 22.7 Å². The highest BCUT2D eigenvalue weighted by atomic mass is 16.5. The molecule has 4 heterocycles. The summed E-state index contributed by atoms with van der Waals surface area (Å²) in [6, 6.07) is 5.65. The molecule has 0 N–H and O–H groups in total. The largest absolute Gasteiger partial charge is 0.368 e. The van der Waals surface area contributed by atoms with Gasteiger partial charge in [0, 0.05) is 49.7 Å². The maximum atomic E-state index is 12.7. The first-order chi connectivity index (χ1) is 14.6. The fraction of sp³-hybridized carbons (Fsp3) is 0.476. The Morgan fingerprint density at radius 2 is 2.13 bits per heavy atom. The highest BCUT2D eigenvalue weighted by Crippen LogP contribution is 2.18. The molecule has 3 aromatic rings. The summed E-state index contributed by atoms with van der Waals surface area (Å²) in [5.74, 6) is 1.07. The third-order valence-electron chi connectivity index (χ3n) is 5.22. The molecule has 0 aromatic carbocycles. The highest BCUT2D eigenvalue weighted by Gasteiger charge is 2.24. The predicted molar refractivity (Wildman–Crippen MR) is 108 cm³/mol. The minimum absolute atomic E-state index is 0.0285. The molecule has 0 radical (unpaired) electrons. The number of likely N-dealkylation sites (tertiary alicyclic amines) is 1. The Kier molecular flexibility index (Phi) is 6.18. The number of carbonyl (C=O) groups is 1. The Balaban J connectivity index is 1.26. The summed E-state index contributed by atoms with van der Waals surface area (Å²) in [6.45, 7) is 6.18. The minimum Gasteiger partial charge on any atom is -0.368 e. The Bertz CT molecular complexity index is 984. The van der Waals surface area contributed by atoms with Crippen LogP contribution < -0.4 is 0 Å². The van der Waals surface area contributed by atoms with Gasteiger partial charge in [-0.15, -0.1) is 0 Å². The van der Waals surface area contributed by atoms with Gasteiger partial charge in [-0.05, 0) is 44.9 Å². The lowest BCUT2D eigenvalue weighted by Gasteiger charge is -2.32. The van der Waals surface area contributed by atoms with Crippen molar-refractivity contribution in [3.05, 3.63) is 47.8 Å². The summed E-state index contributed by atoms with van der Waals surface area (Å²) < 4.78 is 13.2. The van der Waals surface area contributed by atoms with Gasteiger partial charge in [0.15, 0.2) is 5.82 Å². The van der Waals surface area contributed by atoms with Crippen molar-refractivity contribution in [1.82, 2.24) is 29.8 Å². The van der Waals surface area contributed by atoms with E-state index in [1.54, 1.807) is 12.4 Å². The molecular formula is C21H26N6O3. The van der Waals surface area contributed by atoms with Crippen LogP contribution in [0.2, 0.25) is 0 Å². The molecule has 3 aromatic heterocycles. The zero-order valence-corrected chi connectivity index (χ0v) is 17.3. The average Bonchev–Trinajstić information content (AvgIpc) is 3.37. The molecule has 9 heteroatoms. The van der Waals surface area contributed by atoms with Gasteiger partial charge < -0.3 is 14.2 Å². The molecule has 0 bridgehead atoms. The van der Waals surface area contributed by atoms with Gasteiger partial charge in [0.25, 0.3) is 5.89 Å². The second-order valence-corrected chi connectivity index (χ2v) is 7.57. The van der Waals surface area contributed by atoms with Crippen molar-refractivity contribution in [2.24, 2.45) is 0 Å². The van der Waals surface area contributed by atoms with Crippen molar-refractivity contribution in [2.45, 2.75) is 52.4 Å². The van der Waals surface area contributed by atoms with Crippen molar-refractivity contribution in [3.8, 4) is 11.5 Å². The normalized spacial score (nSPS) is 16.7. The van der Waals surface area contributed by atoms with E-state index in [-0.39, 0.29) is 18.6 Å². The molecule has 1 aliphatic rings. The molecule has 4 rings (SSSR count). The van der Waals surface area contributed by atoms with E-state index in [2.05, 4.69) is 20.2 Å². The lowest BCUT2D eigenvalue weighted by Crippen LogP contribution is -2.43. The number of carbonyl (C=O) groups excluding carboxylic acids is 1. The van der Waals surface area contributed by atoms with Gasteiger partial charge >= 0.3 is 0 Å². The summed E-state index contributed by atoms with van der Waals surface area (Å²) >= 11 is 0. The van der Waals surface area contributed by atoms with Gasteiger partial charge in [-0.1, -0.05) is 5.16 Å². The number of rotatable bonds is 7. The molecule has 1 unspecified atom stereocenters. The van der Waals surface area contributed by atoms with Crippen molar-refractivity contribution >= 4 is 5.91 Å². The van der Waals surface area contributed by atoms with Gasteiger partial charge in [0.05, 0.1) is 11.8 Å². The Labute approximate surface area is 175 Å². The van der Waals surface area contributed by atoms with Crippen LogP contribution in [-0.4, -0.2) is 54.9 Å². The van der Waals surface area contributed by atoms with Gasteiger partial charge in [-0.2, -0.15) is 10.1 Å². The fourth-order valence-corrected chi connectivity index (χ4v) is 3.68. The molecule has 0 spiro atoms. The fourth-order valence-electron chi connectivity index (χ4n) is 3.68. The molecule has 30 heavy (non-hydrogen) atoms. The number of hydrogen-bond acceptors (Lipinski definition) is 7. The summed E-state index contributed by atoms with van der Waals surface area (Å²) in [5, 5.41) is 8.41. The topological polar surface area (TPSA) is 99.2 Å². The number of aromatic nitrogens is 5. The third kappa shape index (κ3) is 4.91. The maximum absolute atomic E-state index is 12.7. The van der Waals surface area contributed by atoms with Crippen LogP contribution >= 0.6 is 0 Å². The third-order valence-corrected chi connectivity index (χ3v) is 5.22. The standard InChI is InChI=1S/C21H26N6O3/c1-15-12-16(2)27(24-15)11-7-20(28)26-10-3-4-18(13-26)29-14-19-23-21(30-25-19)17-5-8-22-9-6-17/h5-6,8-9,12,18H,3-4,7,10-11,13-14H2,1-2H3. The van der Waals surface area contributed by atoms with E-state index < -0.39 is 0 Å². The predicted octanol–water partition coefficient (Wildman–Crippen LogP) is 2.54. The zero-order valence-electron chi connectivity index (χ0n) is 17.3. The monoisotopic (exact) mass is 410 g/mol. The molecule has 1 saturated heterocycles. The molecule has 0 saturated carbocycles. The van der Waals surface area contributed by atoms with E-state index in [1.165, 1.54) is 0 Å². The van der Waals surface area contributed by atoms with E-state index in [1.807, 2.05) is 41.6 Å². The molecule has 0 aliphatic carbocycles. The van der Waals surface area contributed by atoms with Gasteiger partial charge in [0.1, 0.15) is 6.61 Å². The molecule has 1 aliphatic heterocycles. The van der Waals surface area contributed by atoms with Crippen LogP contribution in [0.15, 0.2) is 35.1 Å². The molecule has 1 atom stereocenters. The van der Waals surface area contributed by atoms with Crippen LogP contribution in [0.5, 0.6) is 0 Å². The number of ether oxygens (including phenoxy) is 1. The SMILES string of the molecule is Cc1cc(C)n(CCC(=O)N2CCCC(OCc3noc(-c4ccncc4)n3)C2)n1. The van der Waals surface area contributed by atoms with Crippen LogP contribution in [0.4, 0.5) is 0 Å². The zero-order chi connectivity index (χ0) is 20.9. The summed E-state index contributed by atoms with van der Waals surface area (Å²) in [4.78, 5) is 22.9. The molecule has 1 fully saturated rings. The summed E-state index contributed by atoms with van der Waals surface area (Å²) in [6.07, 6.45) is 5.60. The van der Waals surface area contributed by atoms with Crippen LogP contribution in [0.25, 0.3) is 11.5 Å². The van der Waals surface area contributed by atoms with Crippen molar-refractivity contribution < 1.29 is 14.1 Å². The Morgan fingerprint density at radius 1 is 1.30 bits per heavy atom. The maximum Gasteiger partial charge on any atom is 0.258 e. The highest BCUT2D eigenvalue weighted by molar-refractivity contribution is 5.76. The van der Waals surface area contributed by atoms with Crippen molar-refractivity contribution in [1.29, 1.82) is 0 Å². The number of aryl methyl sites for hydroxylation is 3. The number of pyridine rings is 1. The van der Waals surface area contributed by atoms with E-state index >= 15 is 0 Å². The number of nitrogens with zero attached hydrogens (tertiary/aromatic N) is 6. The minimum atomic E-state index is -0.0285. The van der Waals surface area contributed by atoms with E-state index in [9.17, 15) is 4.79 Å². The van der Waals surface area contributed by atoms with Gasteiger partial charge in [0.2, 0.25) is 5.91 Å². The van der Waals surface area contributed by atoms with Gasteiger partial charge in [-0.25, -0.2) is 0 Å². The smallest absolute Gasteiger partial charge is 0.258 e. The average molecular weight is 410 g/mol. The lowest BCUT2D eigenvalue weighted by atomic mass is 10.1. The van der Waals surface area contributed by atoms with E-state index in [4.69, 9.17) is 9.26 Å². The Hall–Kier alpha value is -3.07. The van der Waals surface area contributed by atoms with Crippen molar-refractivity contribution in [3.63, 3.8) is 0 Å². The Morgan fingerprint density at radius 3 is 2.90 bits per heavy atom. The first-order valence-electron chi connectivity index (χ1n) is 10.2. The summed E-state index contributed by atoms with van der Waals surface area (Å²) in [5.41, 5.74) is 2.87. The molecule has 1 amide bonds. The van der Waals surface area contributed by atoms with Crippen LogP contribution in [0.3, 0.4) is 0 Å². The van der Waals surface area contributed by atoms with Crippen LogP contribution in [0.1, 0.15) is 36.5 Å². The summed E-state index contributed by atoms with van der Waals surface area (Å²) in [7, 11) is 0. The second kappa shape index (κ2) is 9.17. The molecule has 9 nitrogen and oxygen atoms in total. The lowest BCUT2D eigenvalue weighted by molar-refractivity contribution is -0.136. The first-order valence-corrected chi connectivity index (χ1v) is 10.2. The molecule has 158 valence electrons. The quantitative estimate of drug-likeness (QED) is 0.590. The second-order valence-electron chi connectivity index (χ2n) is 7.57. The van der Waals surface area contributed by atoms with E-state index in [0.29, 0.717) is 31.2 Å². The van der Waals surface area contributed by atoms with E-state index in [0.717, 1.165) is 36.3 Å². The van der Waals surface area contributed by atoms with Crippen LogP contribution in [0, 0.1) is 13.8 Å². The number of piperidine rings is 1.